The Labute approximate surface area is 267 Å². The summed E-state index contributed by atoms with van der Waals surface area (Å²) in [6.07, 6.45) is 0.673. The number of aliphatic hydroxyl groups is 1. The van der Waals surface area contributed by atoms with Gasteiger partial charge >= 0.3 is 12.1 Å². The first-order chi connectivity index (χ1) is 21.7. The Balaban J connectivity index is 1.37. The highest BCUT2D eigenvalue weighted by atomic mass is 32.1. The van der Waals surface area contributed by atoms with Crippen LogP contribution in [0, 0.1) is 11.3 Å². The largest absolute Gasteiger partial charge is 0.481 e. The fourth-order valence-corrected chi connectivity index (χ4v) is 7.07. The Morgan fingerprint density at radius 2 is 1.76 bits per heavy atom. The molecule has 4 aromatic rings. The van der Waals surface area contributed by atoms with Crippen LogP contribution in [0.5, 0.6) is 0 Å². The predicted molar refractivity (Wildman–Crippen MR) is 166 cm³/mol. The van der Waals surface area contributed by atoms with Crippen molar-refractivity contribution >= 4 is 34.8 Å². The predicted octanol–water partition coefficient (Wildman–Crippen LogP) is 7.02. The van der Waals surface area contributed by atoms with Crippen LogP contribution in [0.1, 0.15) is 67.0 Å². The molecule has 0 bridgehead atoms. The van der Waals surface area contributed by atoms with Crippen molar-refractivity contribution in [3.8, 4) is 21.6 Å². The van der Waals surface area contributed by atoms with Crippen molar-refractivity contribution in [3.05, 3.63) is 77.2 Å². The van der Waals surface area contributed by atoms with Crippen molar-refractivity contribution in [2.75, 3.05) is 5.32 Å². The van der Waals surface area contributed by atoms with E-state index in [1.54, 1.807) is 36.5 Å². The summed E-state index contributed by atoms with van der Waals surface area (Å²) < 4.78 is 40.1. The minimum absolute atomic E-state index is 0.183. The lowest BCUT2D eigenvalue weighted by molar-refractivity contribution is -0.154. The number of carbonyl (C=O) groups is 2. The van der Waals surface area contributed by atoms with E-state index < -0.39 is 34.8 Å². The van der Waals surface area contributed by atoms with Gasteiger partial charge in [0, 0.05) is 29.7 Å². The molecule has 0 radical (unpaired) electrons. The summed E-state index contributed by atoms with van der Waals surface area (Å²) in [5.41, 5.74) is -0.151. The molecule has 13 heteroatoms. The van der Waals surface area contributed by atoms with E-state index in [1.807, 2.05) is 26.0 Å². The molecule has 0 aliphatic heterocycles. The summed E-state index contributed by atoms with van der Waals surface area (Å²) in [6.45, 7) is 3.67. The minimum atomic E-state index is -4.65. The van der Waals surface area contributed by atoms with E-state index in [2.05, 4.69) is 25.6 Å². The second-order valence-corrected chi connectivity index (χ2v) is 13.7. The summed E-state index contributed by atoms with van der Waals surface area (Å²) in [5, 5.41) is 27.7. The molecule has 2 fully saturated rings. The van der Waals surface area contributed by atoms with Crippen molar-refractivity contribution < 1.29 is 33.0 Å². The normalized spacial score (nSPS) is 21.0. The van der Waals surface area contributed by atoms with Crippen LogP contribution in [0.25, 0.3) is 21.6 Å². The molecule has 2 aromatic carbocycles. The van der Waals surface area contributed by atoms with Gasteiger partial charge in [0.2, 0.25) is 5.95 Å². The van der Waals surface area contributed by atoms with Crippen molar-refractivity contribution in [1.29, 1.82) is 0 Å². The van der Waals surface area contributed by atoms with Crippen LogP contribution < -0.4 is 10.6 Å². The van der Waals surface area contributed by atoms with Gasteiger partial charge in [-0.3, -0.25) is 9.59 Å². The molecule has 2 saturated carbocycles. The molecule has 0 spiro atoms. The molecule has 4 N–H and O–H groups in total. The number of carboxylic acid groups (broad SMARTS) is 1. The standard InChI is InChI=1S/C33H32F3N5O4S/c1-31(2)17-32(45,10-8-24(31)28(43)44)29-38-16-25(46-29)21-13-20(18-4-3-5-19(12-18)27(42)39-22-6-7-22)14-23(15-21)40-30-37-11-9-26(41-30)33(34,35)36/h3-5,9,11-16,22,24,45H,6-8,10,17H2,1-2H3,(H,39,42)(H,43,44)(H,37,40,41). The average molecular weight is 652 g/mol. The minimum Gasteiger partial charge on any atom is -0.481 e. The Kier molecular flexibility index (Phi) is 8.09. The number of hydrogen-bond donors (Lipinski definition) is 4. The van der Waals surface area contributed by atoms with E-state index in [-0.39, 0.29) is 30.7 Å². The van der Waals surface area contributed by atoms with Crippen LogP contribution in [0.15, 0.2) is 60.9 Å². The van der Waals surface area contributed by atoms with Gasteiger partial charge in [0.05, 0.1) is 10.8 Å². The third-order valence-corrected chi connectivity index (χ3v) is 9.77. The van der Waals surface area contributed by atoms with Gasteiger partial charge in [-0.15, -0.1) is 11.3 Å². The van der Waals surface area contributed by atoms with Crippen molar-refractivity contribution in [2.45, 2.75) is 63.8 Å². The lowest BCUT2D eigenvalue weighted by Crippen LogP contribution is -2.44. The monoisotopic (exact) mass is 651 g/mol. The van der Waals surface area contributed by atoms with Crippen LogP contribution in [-0.2, 0) is 16.6 Å². The highest BCUT2D eigenvalue weighted by Gasteiger charge is 2.49. The number of thiazole rings is 1. The first-order valence-corrected chi connectivity index (χ1v) is 15.7. The Morgan fingerprint density at radius 3 is 2.46 bits per heavy atom. The Morgan fingerprint density at radius 1 is 1.00 bits per heavy atom. The second-order valence-electron chi connectivity index (χ2n) is 12.7. The van der Waals surface area contributed by atoms with Gasteiger partial charge in [-0.25, -0.2) is 15.0 Å². The van der Waals surface area contributed by atoms with Crippen molar-refractivity contribution in [2.24, 2.45) is 11.3 Å². The van der Waals surface area contributed by atoms with Crippen LogP contribution in [0.4, 0.5) is 24.8 Å². The van der Waals surface area contributed by atoms with E-state index in [9.17, 15) is 33.0 Å². The summed E-state index contributed by atoms with van der Waals surface area (Å²) in [4.78, 5) is 37.4. The highest BCUT2D eigenvalue weighted by molar-refractivity contribution is 7.15. The van der Waals surface area contributed by atoms with Crippen LogP contribution in [0.2, 0.25) is 0 Å². The van der Waals surface area contributed by atoms with Gasteiger partial charge in [0.25, 0.3) is 5.91 Å². The average Bonchev–Trinajstić information content (AvgIpc) is 3.65. The first-order valence-electron chi connectivity index (χ1n) is 14.9. The molecular weight excluding hydrogens is 619 g/mol. The number of carbonyl (C=O) groups excluding carboxylic acids is 1. The lowest BCUT2D eigenvalue weighted by Gasteiger charge is -2.44. The summed E-state index contributed by atoms with van der Waals surface area (Å²) in [7, 11) is 0. The maximum absolute atomic E-state index is 13.4. The number of nitrogens with one attached hydrogen (secondary N) is 2. The fraction of sp³-hybridized carbons (Fsp3) is 0.364. The molecule has 1 amide bonds. The number of amides is 1. The van der Waals surface area contributed by atoms with E-state index in [1.165, 1.54) is 11.3 Å². The Hall–Kier alpha value is -4.36. The first kappa shape index (κ1) is 31.6. The number of hydrogen-bond acceptors (Lipinski definition) is 8. The SMILES string of the molecule is CC1(C)CC(O)(c2ncc(-c3cc(Nc4nccc(C(F)(F)F)n4)cc(-c4cccc(C(=O)NC5CC5)c4)c3)s2)CCC1C(=O)O. The molecule has 0 saturated heterocycles. The zero-order valence-electron chi connectivity index (χ0n) is 25.1. The van der Waals surface area contributed by atoms with E-state index in [0.717, 1.165) is 25.1 Å². The summed E-state index contributed by atoms with van der Waals surface area (Å²) in [5.74, 6) is -1.90. The van der Waals surface area contributed by atoms with Gasteiger partial charge in [-0.1, -0.05) is 26.0 Å². The Bertz CT molecular complexity index is 1810. The molecule has 6 rings (SSSR count). The number of alkyl halides is 3. The summed E-state index contributed by atoms with van der Waals surface area (Å²) in [6, 6.07) is 13.4. The van der Waals surface area contributed by atoms with Crippen LogP contribution in [-0.4, -0.2) is 43.1 Å². The van der Waals surface area contributed by atoms with Crippen molar-refractivity contribution in [1.82, 2.24) is 20.3 Å². The number of carboxylic acids is 1. The lowest BCUT2D eigenvalue weighted by atomic mass is 9.63. The number of anilines is 2. The number of aliphatic carboxylic acids is 1. The van der Waals surface area contributed by atoms with E-state index >= 15 is 0 Å². The molecule has 2 aliphatic carbocycles. The van der Waals surface area contributed by atoms with Gasteiger partial charge < -0.3 is 20.8 Å². The van der Waals surface area contributed by atoms with E-state index in [4.69, 9.17) is 0 Å². The van der Waals surface area contributed by atoms with Crippen LogP contribution in [0.3, 0.4) is 0 Å². The fourth-order valence-electron chi connectivity index (χ4n) is 6.05. The number of aromatic nitrogens is 3. The zero-order valence-corrected chi connectivity index (χ0v) is 25.9. The second kappa shape index (κ2) is 11.8. The maximum atomic E-state index is 13.4. The van der Waals surface area contributed by atoms with E-state index in [0.29, 0.717) is 44.2 Å². The third-order valence-electron chi connectivity index (χ3n) is 8.53. The molecule has 2 unspecified atom stereocenters. The molecule has 2 atom stereocenters. The molecular formula is C33H32F3N5O4S. The summed E-state index contributed by atoms with van der Waals surface area (Å²) >= 11 is 1.27. The smallest absolute Gasteiger partial charge is 0.433 e. The number of nitrogens with zero attached hydrogens (tertiary/aromatic N) is 3. The molecule has 9 nitrogen and oxygen atoms in total. The molecule has 2 aliphatic rings. The molecule has 240 valence electrons. The maximum Gasteiger partial charge on any atom is 0.433 e. The van der Waals surface area contributed by atoms with Crippen LogP contribution >= 0.6 is 11.3 Å². The number of halogens is 3. The highest BCUT2D eigenvalue weighted by Crippen LogP contribution is 2.51. The molecule has 2 heterocycles. The van der Waals surface area contributed by atoms with Gasteiger partial charge in [0.1, 0.15) is 16.3 Å². The van der Waals surface area contributed by atoms with Crippen molar-refractivity contribution in [3.63, 3.8) is 0 Å². The third kappa shape index (κ3) is 6.75. The number of rotatable bonds is 8. The molecule has 2 aromatic heterocycles. The molecule has 46 heavy (non-hydrogen) atoms. The quantitative estimate of drug-likeness (QED) is 0.160. The van der Waals surface area contributed by atoms with Gasteiger partial charge in [-0.05, 0) is 90.6 Å². The van der Waals surface area contributed by atoms with Gasteiger partial charge in [-0.2, -0.15) is 13.2 Å². The topological polar surface area (TPSA) is 137 Å². The van der Waals surface area contributed by atoms with Gasteiger partial charge in [0.15, 0.2) is 0 Å². The number of benzene rings is 2. The zero-order chi connectivity index (χ0) is 32.9.